The third kappa shape index (κ3) is 2.92. The average molecular weight is 235 g/mol. The van der Waals surface area contributed by atoms with Crippen molar-refractivity contribution >= 4 is 5.82 Å². The van der Waals surface area contributed by atoms with Gasteiger partial charge < -0.3 is 5.73 Å². The Balaban J connectivity index is 1.98. The first-order chi connectivity index (χ1) is 8.06. The second kappa shape index (κ2) is 4.98. The fraction of sp³-hybridized carbons (Fsp3) is 0.667. The van der Waals surface area contributed by atoms with Crippen molar-refractivity contribution in [3.8, 4) is 0 Å². The minimum Gasteiger partial charge on any atom is -0.382 e. The maximum atomic E-state index is 5.53. The van der Waals surface area contributed by atoms with Crippen LogP contribution in [0.5, 0.6) is 0 Å². The number of hydrogen-bond donors (Lipinski definition) is 1. The van der Waals surface area contributed by atoms with Gasteiger partial charge in [0.15, 0.2) is 0 Å². The molecule has 94 valence electrons. The van der Waals surface area contributed by atoms with Crippen molar-refractivity contribution in [2.75, 3.05) is 25.9 Å². The van der Waals surface area contributed by atoms with Gasteiger partial charge in [-0.25, -0.2) is 4.98 Å². The fourth-order valence-electron chi connectivity index (χ4n) is 2.32. The lowest BCUT2D eigenvalue weighted by molar-refractivity contribution is 0.0549. The minimum atomic E-state index is 0.480. The highest BCUT2D eigenvalue weighted by atomic mass is 15.3. The van der Waals surface area contributed by atoms with Crippen LogP contribution in [-0.2, 0) is 6.54 Å². The molecule has 0 bridgehead atoms. The Bertz CT molecular complexity index is 352. The van der Waals surface area contributed by atoms with Gasteiger partial charge in [-0.3, -0.25) is 14.8 Å². The van der Waals surface area contributed by atoms with E-state index in [1.54, 1.807) is 12.4 Å². The number of anilines is 1. The van der Waals surface area contributed by atoms with Gasteiger partial charge in [0.2, 0.25) is 0 Å². The van der Waals surface area contributed by atoms with E-state index in [0.717, 1.165) is 25.3 Å². The molecule has 0 radical (unpaired) electrons. The Morgan fingerprint density at radius 1 is 1.24 bits per heavy atom. The molecule has 0 aromatic carbocycles. The van der Waals surface area contributed by atoms with Crippen LogP contribution in [0.15, 0.2) is 12.4 Å². The van der Waals surface area contributed by atoms with Crippen molar-refractivity contribution in [3.63, 3.8) is 0 Å². The van der Waals surface area contributed by atoms with Crippen LogP contribution in [0.2, 0.25) is 0 Å². The molecule has 5 heteroatoms. The van der Waals surface area contributed by atoms with Crippen LogP contribution in [0, 0.1) is 0 Å². The predicted molar refractivity (Wildman–Crippen MR) is 68.4 cm³/mol. The predicted octanol–water partition coefficient (Wildman–Crippen LogP) is 0.583. The van der Waals surface area contributed by atoms with Crippen LogP contribution in [0.25, 0.3) is 0 Å². The van der Waals surface area contributed by atoms with Gasteiger partial charge in [0, 0.05) is 31.7 Å². The second-order valence-corrected chi connectivity index (χ2v) is 4.99. The molecule has 1 fully saturated rings. The number of likely N-dealkylation sites (N-methyl/N-ethyl adjacent to an activating group) is 1. The van der Waals surface area contributed by atoms with Gasteiger partial charge in [-0.1, -0.05) is 0 Å². The van der Waals surface area contributed by atoms with E-state index in [1.165, 1.54) is 0 Å². The highest BCUT2D eigenvalue weighted by Gasteiger charge is 2.26. The molecule has 1 aliphatic heterocycles. The maximum Gasteiger partial charge on any atom is 0.141 e. The lowest BCUT2D eigenvalue weighted by Crippen LogP contribution is -2.54. The van der Waals surface area contributed by atoms with Crippen LogP contribution in [0.4, 0.5) is 5.82 Å². The Hall–Kier alpha value is -1.20. The lowest BCUT2D eigenvalue weighted by atomic mass is 10.1. The zero-order valence-corrected chi connectivity index (χ0v) is 10.8. The Morgan fingerprint density at radius 3 is 2.41 bits per heavy atom. The SMILES string of the molecule is CC1CN(Cc2cnc(N)cn2)CC(C)N1C. The van der Waals surface area contributed by atoms with E-state index < -0.39 is 0 Å². The van der Waals surface area contributed by atoms with Gasteiger partial charge in [0.25, 0.3) is 0 Å². The van der Waals surface area contributed by atoms with Crippen molar-refractivity contribution in [2.24, 2.45) is 0 Å². The van der Waals surface area contributed by atoms with Crippen LogP contribution in [0.1, 0.15) is 19.5 Å². The Kier molecular flexibility index (Phi) is 3.59. The summed E-state index contributed by atoms with van der Waals surface area (Å²) in [5.41, 5.74) is 6.52. The maximum absolute atomic E-state index is 5.53. The zero-order chi connectivity index (χ0) is 12.4. The van der Waals surface area contributed by atoms with Gasteiger partial charge in [-0.2, -0.15) is 0 Å². The molecule has 1 aromatic rings. The summed E-state index contributed by atoms with van der Waals surface area (Å²) in [6.07, 6.45) is 3.39. The monoisotopic (exact) mass is 235 g/mol. The largest absolute Gasteiger partial charge is 0.382 e. The molecule has 0 saturated carbocycles. The molecular weight excluding hydrogens is 214 g/mol. The lowest BCUT2D eigenvalue weighted by Gasteiger charge is -2.42. The number of piperazine rings is 1. The molecule has 2 atom stereocenters. The number of nitrogens with zero attached hydrogens (tertiary/aromatic N) is 4. The molecular formula is C12H21N5. The number of aromatic nitrogens is 2. The number of nitrogen functional groups attached to an aromatic ring is 1. The van der Waals surface area contributed by atoms with Gasteiger partial charge in [-0.15, -0.1) is 0 Å². The van der Waals surface area contributed by atoms with E-state index >= 15 is 0 Å². The zero-order valence-electron chi connectivity index (χ0n) is 10.8. The minimum absolute atomic E-state index is 0.480. The Morgan fingerprint density at radius 2 is 1.88 bits per heavy atom. The van der Waals surface area contributed by atoms with Crippen molar-refractivity contribution in [1.29, 1.82) is 0 Å². The summed E-state index contributed by atoms with van der Waals surface area (Å²) in [7, 11) is 2.19. The third-order valence-electron chi connectivity index (χ3n) is 3.55. The summed E-state index contributed by atoms with van der Waals surface area (Å²) >= 11 is 0. The summed E-state index contributed by atoms with van der Waals surface area (Å²) in [5.74, 6) is 0.480. The standard InChI is InChI=1S/C12H21N5/c1-9-6-17(7-10(2)16(9)3)8-11-4-15-12(13)5-14-11/h4-5,9-10H,6-8H2,1-3H3,(H2,13,15). The molecule has 2 rings (SSSR count). The normalized spacial score (nSPS) is 27.2. The molecule has 0 amide bonds. The van der Waals surface area contributed by atoms with Gasteiger partial charge in [0.1, 0.15) is 5.82 Å². The van der Waals surface area contributed by atoms with Crippen molar-refractivity contribution in [3.05, 3.63) is 18.1 Å². The molecule has 17 heavy (non-hydrogen) atoms. The molecule has 1 aromatic heterocycles. The highest BCUT2D eigenvalue weighted by molar-refractivity contribution is 5.22. The smallest absolute Gasteiger partial charge is 0.141 e. The van der Waals surface area contributed by atoms with Crippen LogP contribution in [0.3, 0.4) is 0 Å². The van der Waals surface area contributed by atoms with Gasteiger partial charge in [0.05, 0.1) is 18.1 Å². The first kappa shape index (κ1) is 12.3. The third-order valence-corrected chi connectivity index (χ3v) is 3.55. The summed E-state index contributed by atoms with van der Waals surface area (Å²) in [6.45, 7) is 7.53. The first-order valence-corrected chi connectivity index (χ1v) is 6.07. The van der Waals surface area contributed by atoms with E-state index in [4.69, 9.17) is 5.73 Å². The summed E-state index contributed by atoms with van der Waals surface area (Å²) < 4.78 is 0. The summed E-state index contributed by atoms with van der Waals surface area (Å²) in [6, 6.07) is 1.17. The fourth-order valence-corrected chi connectivity index (χ4v) is 2.32. The molecule has 0 aliphatic carbocycles. The van der Waals surface area contributed by atoms with Gasteiger partial charge >= 0.3 is 0 Å². The molecule has 2 heterocycles. The number of nitrogens with two attached hydrogens (primary N) is 1. The average Bonchev–Trinajstić information content (AvgIpc) is 2.29. The van der Waals surface area contributed by atoms with Crippen LogP contribution < -0.4 is 5.73 Å². The molecule has 0 spiro atoms. The van der Waals surface area contributed by atoms with E-state index in [1.807, 2.05) is 0 Å². The molecule has 2 N–H and O–H groups in total. The number of rotatable bonds is 2. The van der Waals surface area contributed by atoms with E-state index in [2.05, 4.69) is 40.7 Å². The van der Waals surface area contributed by atoms with Crippen LogP contribution in [-0.4, -0.2) is 52.0 Å². The molecule has 1 aliphatic rings. The Labute approximate surface area is 103 Å². The van der Waals surface area contributed by atoms with E-state index in [0.29, 0.717) is 17.9 Å². The van der Waals surface area contributed by atoms with Gasteiger partial charge in [-0.05, 0) is 20.9 Å². The van der Waals surface area contributed by atoms with Crippen molar-refractivity contribution < 1.29 is 0 Å². The first-order valence-electron chi connectivity index (χ1n) is 6.07. The summed E-state index contributed by atoms with van der Waals surface area (Å²) in [5, 5.41) is 0. The second-order valence-electron chi connectivity index (χ2n) is 4.99. The molecule has 2 unspecified atom stereocenters. The van der Waals surface area contributed by atoms with Crippen molar-refractivity contribution in [1.82, 2.24) is 19.8 Å². The quantitative estimate of drug-likeness (QED) is 0.812. The van der Waals surface area contributed by atoms with Crippen molar-refractivity contribution in [2.45, 2.75) is 32.5 Å². The number of hydrogen-bond acceptors (Lipinski definition) is 5. The molecule has 5 nitrogen and oxygen atoms in total. The molecule has 1 saturated heterocycles. The van der Waals surface area contributed by atoms with Crippen LogP contribution >= 0.6 is 0 Å². The van der Waals surface area contributed by atoms with E-state index in [-0.39, 0.29) is 0 Å². The topological polar surface area (TPSA) is 58.3 Å². The highest BCUT2D eigenvalue weighted by Crippen LogP contribution is 2.15. The van der Waals surface area contributed by atoms with E-state index in [9.17, 15) is 0 Å². The summed E-state index contributed by atoms with van der Waals surface area (Å²) in [4.78, 5) is 13.2.